The summed E-state index contributed by atoms with van der Waals surface area (Å²) in [6, 6.07) is 0. The SMILES string of the molecule is CNCCOCCCNC(=O)CO. The molecule has 0 aromatic heterocycles. The Hall–Kier alpha value is -0.650. The summed E-state index contributed by atoms with van der Waals surface area (Å²) in [7, 11) is 1.87. The maximum absolute atomic E-state index is 10.5. The van der Waals surface area contributed by atoms with Crippen molar-refractivity contribution in [2.45, 2.75) is 6.42 Å². The highest BCUT2D eigenvalue weighted by molar-refractivity contribution is 5.76. The molecule has 5 nitrogen and oxygen atoms in total. The zero-order valence-corrected chi connectivity index (χ0v) is 8.01. The maximum atomic E-state index is 10.5. The summed E-state index contributed by atoms with van der Waals surface area (Å²) in [6.45, 7) is 2.26. The first kappa shape index (κ1) is 12.3. The van der Waals surface area contributed by atoms with E-state index in [9.17, 15) is 4.79 Å². The highest BCUT2D eigenvalue weighted by Gasteiger charge is 1.95. The van der Waals surface area contributed by atoms with Gasteiger partial charge in [-0.25, -0.2) is 0 Å². The van der Waals surface area contributed by atoms with Crippen LogP contribution in [0, 0.1) is 0 Å². The van der Waals surface area contributed by atoms with Gasteiger partial charge in [-0.1, -0.05) is 0 Å². The Morgan fingerprint density at radius 3 is 2.77 bits per heavy atom. The molecule has 0 aromatic carbocycles. The summed E-state index contributed by atoms with van der Waals surface area (Å²) in [4.78, 5) is 10.5. The third-order valence-electron chi connectivity index (χ3n) is 1.43. The Morgan fingerprint density at radius 2 is 2.15 bits per heavy atom. The zero-order chi connectivity index (χ0) is 9.94. The van der Waals surface area contributed by atoms with Gasteiger partial charge in [-0.15, -0.1) is 0 Å². The van der Waals surface area contributed by atoms with E-state index in [0.29, 0.717) is 19.8 Å². The Labute approximate surface area is 78.5 Å². The second-order valence-electron chi connectivity index (χ2n) is 2.58. The highest BCUT2D eigenvalue weighted by atomic mass is 16.5. The van der Waals surface area contributed by atoms with Crippen molar-refractivity contribution in [3.8, 4) is 0 Å². The number of carbonyl (C=O) groups is 1. The number of amides is 1. The van der Waals surface area contributed by atoms with E-state index >= 15 is 0 Å². The van der Waals surface area contributed by atoms with Crippen LogP contribution in [0.25, 0.3) is 0 Å². The fourth-order valence-electron chi connectivity index (χ4n) is 0.734. The predicted molar refractivity (Wildman–Crippen MR) is 49.5 cm³/mol. The molecule has 0 spiro atoms. The molecule has 0 saturated heterocycles. The minimum absolute atomic E-state index is 0.338. The van der Waals surface area contributed by atoms with Crippen LogP contribution in [-0.4, -0.2) is 51.0 Å². The van der Waals surface area contributed by atoms with Gasteiger partial charge in [0.1, 0.15) is 6.61 Å². The molecule has 0 fully saturated rings. The van der Waals surface area contributed by atoms with Gasteiger partial charge in [-0.2, -0.15) is 0 Å². The molecule has 1 amide bonds. The van der Waals surface area contributed by atoms with Crippen molar-refractivity contribution < 1.29 is 14.6 Å². The fraction of sp³-hybridized carbons (Fsp3) is 0.875. The summed E-state index contributed by atoms with van der Waals surface area (Å²) in [6.07, 6.45) is 0.773. The summed E-state index contributed by atoms with van der Waals surface area (Å²) in [5, 5.41) is 13.9. The minimum atomic E-state index is -0.444. The van der Waals surface area contributed by atoms with E-state index in [1.165, 1.54) is 0 Å². The molecule has 0 aliphatic heterocycles. The molecule has 0 aliphatic rings. The third kappa shape index (κ3) is 9.26. The first-order valence-corrected chi connectivity index (χ1v) is 4.41. The first-order valence-electron chi connectivity index (χ1n) is 4.41. The van der Waals surface area contributed by atoms with Gasteiger partial charge in [-0.05, 0) is 13.5 Å². The van der Waals surface area contributed by atoms with Crippen LogP contribution in [0.5, 0.6) is 0 Å². The van der Waals surface area contributed by atoms with Gasteiger partial charge >= 0.3 is 0 Å². The van der Waals surface area contributed by atoms with Crippen LogP contribution in [0.4, 0.5) is 0 Å². The Balaban J connectivity index is 2.95. The number of likely N-dealkylation sites (N-methyl/N-ethyl adjacent to an activating group) is 1. The molecule has 0 aliphatic carbocycles. The summed E-state index contributed by atoms with van der Waals surface area (Å²) in [5.74, 6) is -0.338. The van der Waals surface area contributed by atoms with E-state index in [2.05, 4.69) is 10.6 Å². The smallest absolute Gasteiger partial charge is 0.245 e. The fourth-order valence-corrected chi connectivity index (χ4v) is 0.734. The van der Waals surface area contributed by atoms with Gasteiger partial charge in [0.25, 0.3) is 0 Å². The maximum Gasteiger partial charge on any atom is 0.245 e. The van der Waals surface area contributed by atoms with Gasteiger partial charge in [0.15, 0.2) is 0 Å². The monoisotopic (exact) mass is 190 g/mol. The average molecular weight is 190 g/mol. The van der Waals surface area contributed by atoms with Crippen LogP contribution in [0.3, 0.4) is 0 Å². The minimum Gasteiger partial charge on any atom is -0.387 e. The number of rotatable bonds is 8. The zero-order valence-electron chi connectivity index (χ0n) is 8.01. The first-order chi connectivity index (χ1) is 6.31. The van der Waals surface area contributed by atoms with Gasteiger partial charge in [-0.3, -0.25) is 4.79 Å². The van der Waals surface area contributed by atoms with E-state index in [1.54, 1.807) is 0 Å². The standard InChI is InChI=1S/C8H18N2O3/c1-9-4-6-13-5-2-3-10-8(12)7-11/h9,11H,2-7H2,1H3,(H,10,12). The lowest BCUT2D eigenvalue weighted by molar-refractivity contribution is -0.123. The summed E-state index contributed by atoms with van der Waals surface area (Å²) < 4.78 is 5.21. The molecular formula is C8H18N2O3. The largest absolute Gasteiger partial charge is 0.387 e. The van der Waals surface area contributed by atoms with Gasteiger partial charge in [0, 0.05) is 19.7 Å². The van der Waals surface area contributed by atoms with Crippen LogP contribution in [0.2, 0.25) is 0 Å². The second kappa shape index (κ2) is 9.44. The number of ether oxygens (including phenoxy) is 1. The molecule has 78 valence electrons. The summed E-state index contributed by atoms with van der Waals surface area (Å²) in [5.41, 5.74) is 0. The lowest BCUT2D eigenvalue weighted by atomic mass is 10.4. The molecule has 0 aromatic rings. The molecule has 5 heteroatoms. The molecule has 0 heterocycles. The normalized spacial score (nSPS) is 10.0. The highest BCUT2D eigenvalue weighted by Crippen LogP contribution is 1.80. The number of aliphatic hydroxyl groups excluding tert-OH is 1. The lowest BCUT2D eigenvalue weighted by Crippen LogP contribution is -2.28. The number of nitrogens with one attached hydrogen (secondary N) is 2. The second-order valence-corrected chi connectivity index (χ2v) is 2.58. The van der Waals surface area contributed by atoms with Gasteiger partial charge in [0.05, 0.1) is 6.61 Å². The summed E-state index contributed by atoms with van der Waals surface area (Å²) >= 11 is 0. The van der Waals surface area contributed by atoms with Crippen molar-refractivity contribution in [3.63, 3.8) is 0 Å². The van der Waals surface area contributed by atoms with Crippen LogP contribution >= 0.6 is 0 Å². The Morgan fingerprint density at radius 1 is 1.38 bits per heavy atom. The average Bonchev–Trinajstić information content (AvgIpc) is 2.16. The number of aliphatic hydroxyl groups is 1. The topological polar surface area (TPSA) is 70.6 Å². The van der Waals surface area contributed by atoms with E-state index < -0.39 is 6.61 Å². The third-order valence-corrected chi connectivity index (χ3v) is 1.43. The molecular weight excluding hydrogens is 172 g/mol. The Kier molecular flexibility index (Phi) is 8.97. The predicted octanol–water partition coefficient (Wildman–Crippen LogP) is -1.28. The van der Waals surface area contributed by atoms with Gasteiger partial charge < -0.3 is 20.5 Å². The van der Waals surface area contributed by atoms with E-state index in [4.69, 9.17) is 9.84 Å². The molecule has 0 rings (SSSR count). The van der Waals surface area contributed by atoms with Crippen molar-refractivity contribution in [2.75, 3.05) is 40.0 Å². The number of carbonyl (C=O) groups excluding carboxylic acids is 1. The lowest BCUT2D eigenvalue weighted by Gasteiger charge is -2.04. The molecule has 13 heavy (non-hydrogen) atoms. The van der Waals surface area contributed by atoms with Crippen molar-refractivity contribution in [3.05, 3.63) is 0 Å². The van der Waals surface area contributed by atoms with Crippen molar-refractivity contribution in [1.29, 1.82) is 0 Å². The van der Waals surface area contributed by atoms with Crippen LogP contribution < -0.4 is 10.6 Å². The van der Waals surface area contributed by atoms with E-state index in [-0.39, 0.29) is 5.91 Å². The van der Waals surface area contributed by atoms with Crippen LogP contribution in [0.1, 0.15) is 6.42 Å². The van der Waals surface area contributed by atoms with Crippen molar-refractivity contribution >= 4 is 5.91 Å². The van der Waals surface area contributed by atoms with Gasteiger partial charge in [0.2, 0.25) is 5.91 Å². The van der Waals surface area contributed by atoms with E-state index in [0.717, 1.165) is 13.0 Å². The molecule has 0 atom stereocenters. The van der Waals surface area contributed by atoms with Crippen LogP contribution in [0.15, 0.2) is 0 Å². The van der Waals surface area contributed by atoms with Crippen molar-refractivity contribution in [2.24, 2.45) is 0 Å². The Bertz CT molecular complexity index is 131. The van der Waals surface area contributed by atoms with Crippen LogP contribution in [-0.2, 0) is 9.53 Å². The number of hydrogen-bond donors (Lipinski definition) is 3. The molecule has 3 N–H and O–H groups in total. The number of hydrogen-bond acceptors (Lipinski definition) is 4. The quantitative estimate of drug-likeness (QED) is 0.417. The molecule has 0 saturated carbocycles. The molecule has 0 unspecified atom stereocenters. The molecule has 0 bridgehead atoms. The van der Waals surface area contributed by atoms with Crippen molar-refractivity contribution in [1.82, 2.24) is 10.6 Å². The molecule has 0 radical (unpaired) electrons. The van der Waals surface area contributed by atoms with E-state index in [1.807, 2.05) is 7.05 Å².